The van der Waals surface area contributed by atoms with E-state index in [2.05, 4.69) is 17.9 Å². The maximum atomic E-state index is 11.8. The van der Waals surface area contributed by atoms with Gasteiger partial charge in [-0.15, -0.1) is 12.6 Å². The van der Waals surface area contributed by atoms with Crippen molar-refractivity contribution in [2.45, 2.75) is 17.5 Å². The monoisotopic (exact) mass is 249 g/mol. The van der Waals surface area contributed by atoms with Crippen LogP contribution >= 0.6 is 12.6 Å². The summed E-state index contributed by atoms with van der Waals surface area (Å²) in [6.07, 6.45) is -5.27. The van der Waals surface area contributed by atoms with E-state index in [9.17, 15) is 18.0 Å². The lowest BCUT2D eigenvalue weighted by Gasteiger charge is -2.07. The summed E-state index contributed by atoms with van der Waals surface area (Å²) in [5.41, 5.74) is 0.319. The van der Waals surface area contributed by atoms with Crippen LogP contribution in [0, 0.1) is 0 Å². The minimum absolute atomic E-state index is 0.319. The normalized spacial score (nSPS) is 11.2. The third-order valence-electron chi connectivity index (χ3n) is 1.82. The molecule has 0 heterocycles. The molecule has 0 aliphatic heterocycles. The van der Waals surface area contributed by atoms with Gasteiger partial charge >= 0.3 is 6.18 Å². The largest absolute Gasteiger partial charge is 0.390 e. The minimum Gasteiger partial charge on any atom is -0.352 e. The minimum atomic E-state index is -4.25. The van der Waals surface area contributed by atoms with Gasteiger partial charge in [0, 0.05) is 17.0 Å². The van der Waals surface area contributed by atoms with Crippen molar-refractivity contribution in [1.29, 1.82) is 0 Å². The molecule has 0 bridgehead atoms. The molecule has 0 saturated heterocycles. The van der Waals surface area contributed by atoms with E-state index < -0.39 is 25.0 Å². The summed E-state index contributed by atoms with van der Waals surface area (Å²) in [4.78, 5) is 12.0. The van der Waals surface area contributed by atoms with Gasteiger partial charge in [0.1, 0.15) is 0 Å². The number of thiol groups is 1. The zero-order valence-corrected chi connectivity index (χ0v) is 9.11. The quantitative estimate of drug-likeness (QED) is 0.792. The number of halogens is 3. The summed E-state index contributed by atoms with van der Waals surface area (Å²) >= 11 is 4.03. The molecule has 0 spiro atoms. The molecule has 0 unspecified atom stereocenters. The highest BCUT2D eigenvalue weighted by Gasteiger charge is 2.26. The lowest BCUT2D eigenvalue weighted by molar-refractivity contribution is -0.132. The third-order valence-corrected chi connectivity index (χ3v) is 2.12. The van der Waals surface area contributed by atoms with Crippen LogP contribution < -0.4 is 5.32 Å². The predicted octanol–water partition coefficient (Wildman–Crippen LogP) is 2.66. The Morgan fingerprint density at radius 2 is 1.81 bits per heavy atom. The van der Waals surface area contributed by atoms with Gasteiger partial charge in [0.25, 0.3) is 5.91 Å². The van der Waals surface area contributed by atoms with Crippen molar-refractivity contribution < 1.29 is 18.0 Å². The number of amides is 1. The first-order valence-electron chi connectivity index (χ1n) is 4.52. The third kappa shape index (κ3) is 4.57. The van der Waals surface area contributed by atoms with Gasteiger partial charge in [-0.1, -0.05) is 0 Å². The Morgan fingerprint density at radius 3 is 2.31 bits per heavy atom. The molecule has 0 atom stereocenters. The number of alkyl halides is 3. The van der Waals surface area contributed by atoms with E-state index >= 15 is 0 Å². The number of carbonyl (C=O) groups is 1. The van der Waals surface area contributed by atoms with E-state index in [1.165, 1.54) is 12.1 Å². The number of benzene rings is 1. The molecular formula is C10H10F3NOS. The maximum absolute atomic E-state index is 11.8. The first kappa shape index (κ1) is 12.9. The van der Waals surface area contributed by atoms with Gasteiger partial charge in [-0.25, -0.2) is 0 Å². The lowest BCUT2D eigenvalue weighted by Crippen LogP contribution is -2.27. The maximum Gasteiger partial charge on any atom is 0.390 e. The van der Waals surface area contributed by atoms with Crippen molar-refractivity contribution in [2.75, 3.05) is 6.54 Å². The van der Waals surface area contributed by atoms with Crippen molar-refractivity contribution in [2.24, 2.45) is 0 Å². The summed E-state index contributed by atoms with van der Waals surface area (Å²) in [7, 11) is 0. The average Bonchev–Trinajstić information content (AvgIpc) is 2.16. The van der Waals surface area contributed by atoms with Crippen LogP contribution in [-0.2, 0) is 0 Å². The second-order valence-corrected chi connectivity index (χ2v) is 3.68. The number of hydrogen-bond acceptors (Lipinski definition) is 2. The second kappa shape index (κ2) is 5.25. The molecule has 0 fully saturated rings. The zero-order valence-electron chi connectivity index (χ0n) is 8.21. The van der Waals surface area contributed by atoms with Gasteiger partial charge < -0.3 is 5.32 Å². The summed E-state index contributed by atoms with van der Waals surface area (Å²) in [5, 5.41) is 2.19. The van der Waals surface area contributed by atoms with E-state index in [4.69, 9.17) is 0 Å². The number of rotatable bonds is 3. The molecule has 0 saturated carbocycles. The van der Waals surface area contributed by atoms with Crippen LogP contribution in [0.4, 0.5) is 13.2 Å². The van der Waals surface area contributed by atoms with Crippen molar-refractivity contribution in [3.8, 4) is 0 Å². The van der Waals surface area contributed by atoms with Gasteiger partial charge in [0.05, 0.1) is 6.42 Å². The van der Waals surface area contributed by atoms with Gasteiger partial charge in [-0.05, 0) is 24.3 Å². The van der Waals surface area contributed by atoms with Crippen molar-refractivity contribution in [3.05, 3.63) is 29.8 Å². The molecule has 16 heavy (non-hydrogen) atoms. The average molecular weight is 249 g/mol. The molecule has 88 valence electrons. The first-order chi connectivity index (χ1) is 7.38. The fraction of sp³-hybridized carbons (Fsp3) is 0.300. The van der Waals surface area contributed by atoms with Crippen molar-refractivity contribution in [1.82, 2.24) is 5.32 Å². The van der Waals surface area contributed by atoms with Gasteiger partial charge in [-0.3, -0.25) is 4.79 Å². The standard InChI is InChI=1S/C10H10F3NOS/c11-10(12,13)5-6-14-9(15)7-1-3-8(16)4-2-7/h1-4,16H,5-6H2,(H,14,15). The molecule has 1 amide bonds. The topological polar surface area (TPSA) is 29.1 Å². The molecule has 6 heteroatoms. The fourth-order valence-corrected chi connectivity index (χ4v) is 1.18. The molecule has 0 radical (unpaired) electrons. The second-order valence-electron chi connectivity index (χ2n) is 3.17. The molecule has 0 aromatic heterocycles. The van der Waals surface area contributed by atoms with Crippen LogP contribution in [0.5, 0.6) is 0 Å². The highest BCUT2D eigenvalue weighted by Crippen LogP contribution is 2.18. The summed E-state index contributed by atoms with van der Waals surface area (Å²) in [6, 6.07) is 6.21. The van der Waals surface area contributed by atoms with Crippen molar-refractivity contribution >= 4 is 18.5 Å². The van der Waals surface area contributed by atoms with Crippen LogP contribution in [0.2, 0.25) is 0 Å². The number of nitrogens with one attached hydrogen (secondary N) is 1. The molecule has 1 aromatic rings. The predicted molar refractivity (Wildman–Crippen MR) is 56.7 cm³/mol. The molecular weight excluding hydrogens is 239 g/mol. The van der Waals surface area contributed by atoms with Gasteiger partial charge in [0.15, 0.2) is 0 Å². The Hall–Kier alpha value is -1.17. The lowest BCUT2D eigenvalue weighted by atomic mass is 10.2. The van der Waals surface area contributed by atoms with Crippen LogP contribution in [-0.4, -0.2) is 18.6 Å². The summed E-state index contributed by atoms with van der Waals surface area (Å²) < 4.78 is 35.4. The van der Waals surface area contributed by atoms with E-state index in [1.54, 1.807) is 12.1 Å². The molecule has 1 N–H and O–H groups in total. The molecule has 1 aromatic carbocycles. The Bertz CT molecular complexity index is 361. The number of carbonyl (C=O) groups excluding carboxylic acids is 1. The fourth-order valence-electron chi connectivity index (χ4n) is 1.03. The Balaban J connectivity index is 2.44. The Morgan fingerprint density at radius 1 is 1.25 bits per heavy atom. The first-order valence-corrected chi connectivity index (χ1v) is 4.97. The smallest absolute Gasteiger partial charge is 0.352 e. The Labute approximate surface area is 96.3 Å². The van der Waals surface area contributed by atoms with Crippen LogP contribution in [0.25, 0.3) is 0 Å². The van der Waals surface area contributed by atoms with Gasteiger partial charge in [-0.2, -0.15) is 13.2 Å². The molecule has 0 aliphatic rings. The van der Waals surface area contributed by atoms with E-state index in [0.717, 1.165) is 0 Å². The van der Waals surface area contributed by atoms with Gasteiger partial charge in [0.2, 0.25) is 0 Å². The van der Waals surface area contributed by atoms with Crippen LogP contribution in [0.15, 0.2) is 29.2 Å². The molecule has 1 rings (SSSR count). The SMILES string of the molecule is O=C(NCCC(F)(F)F)c1ccc(S)cc1. The number of hydrogen-bond donors (Lipinski definition) is 2. The summed E-state index contributed by atoms with van der Waals surface area (Å²) in [6.45, 7) is -0.412. The van der Waals surface area contributed by atoms with Crippen molar-refractivity contribution in [3.63, 3.8) is 0 Å². The Kier molecular flexibility index (Phi) is 4.23. The van der Waals surface area contributed by atoms with E-state index in [1.807, 2.05) is 0 Å². The summed E-state index contributed by atoms with van der Waals surface area (Å²) in [5.74, 6) is -0.516. The van der Waals surface area contributed by atoms with E-state index in [0.29, 0.717) is 10.5 Å². The van der Waals surface area contributed by atoms with Crippen LogP contribution in [0.3, 0.4) is 0 Å². The highest BCUT2D eigenvalue weighted by atomic mass is 32.1. The molecule has 0 aliphatic carbocycles. The highest BCUT2D eigenvalue weighted by molar-refractivity contribution is 7.80. The van der Waals surface area contributed by atoms with E-state index in [-0.39, 0.29) is 0 Å². The zero-order chi connectivity index (χ0) is 12.2. The van der Waals surface area contributed by atoms with Crippen LogP contribution in [0.1, 0.15) is 16.8 Å². The molecule has 2 nitrogen and oxygen atoms in total.